The molecule has 3 amide bonds. The number of aromatic nitrogens is 2. The summed E-state index contributed by atoms with van der Waals surface area (Å²) >= 11 is 0. The van der Waals surface area contributed by atoms with Crippen LogP contribution in [0.25, 0.3) is 0 Å². The van der Waals surface area contributed by atoms with Gasteiger partial charge in [0, 0.05) is 24.7 Å². The Bertz CT molecular complexity index is 876. The number of aliphatic carboxylic acids is 2. The number of carbonyl (C=O) groups excluding carboxylic acids is 3. The molecule has 14 nitrogen and oxygen atoms in total. The average Bonchev–Trinajstić information content (AvgIpc) is 3.31. The van der Waals surface area contributed by atoms with E-state index in [-0.39, 0.29) is 25.2 Å². The second-order valence-electron chi connectivity index (χ2n) is 8.80. The highest BCUT2D eigenvalue weighted by molar-refractivity contribution is 5.94. The van der Waals surface area contributed by atoms with E-state index in [1.807, 2.05) is 0 Å². The van der Waals surface area contributed by atoms with Gasteiger partial charge < -0.3 is 42.6 Å². The molecule has 0 saturated carbocycles. The predicted octanol–water partition coefficient (Wildman–Crippen LogP) is -1.53. The highest BCUT2D eigenvalue weighted by atomic mass is 16.4. The van der Waals surface area contributed by atoms with Gasteiger partial charge in [-0.25, -0.2) is 9.78 Å². The van der Waals surface area contributed by atoms with Crippen LogP contribution in [-0.4, -0.2) is 80.6 Å². The van der Waals surface area contributed by atoms with Crippen molar-refractivity contribution in [2.45, 2.75) is 76.5 Å². The van der Waals surface area contributed by atoms with Crippen molar-refractivity contribution < 1.29 is 34.2 Å². The highest BCUT2D eigenvalue weighted by Gasteiger charge is 2.31. The van der Waals surface area contributed by atoms with Gasteiger partial charge in [0.25, 0.3) is 0 Å². The number of carbonyl (C=O) groups is 5. The zero-order valence-electron chi connectivity index (χ0n) is 20.5. The van der Waals surface area contributed by atoms with Crippen molar-refractivity contribution in [1.82, 2.24) is 25.9 Å². The SMILES string of the molecule is CC(C)C(NC(=O)C(N)Cc1cnc[nH]1)C(=O)NC(CCCCN)C(=O)NC(CCC(=O)O)C(=O)O. The van der Waals surface area contributed by atoms with Crippen LogP contribution in [0.2, 0.25) is 0 Å². The van der Waals surface area contributed by atoms with Gasteiger partial charge in [-0.15, -0.1) is 0 Å². The maximum atomic E-state index is 13.1. The number of nitrogens with zero attached hydrogens (tertiary/aromatic N) is 1. The number of carboxylic acid groups (broad SMARTS) is 2. The van der Waals surface area contributed by atoms with E-state index < -0.39 is 60.2 Å². The van der Waals surface area contributed by atoms with Crippen molar-refractivity contribution in [2.24, 2.45) is 17.4 Å². The number of imidazole rings is 1. The van der Waals surface area contributed by atoms with Crippen LogP contribution in [0.15, 0.2) is 12.5 Å². The molecule has 1 aromatic rings. The third-order valence-corrected chi connectivity index (χ3v) is 5.42. The summed E-state index contributed by atoms with van der Waals surface area (Å²) in [6, 6.07) is -4.53. The highest BCUT2D eigenvalue weighted by Crippen LogP contribution is 2.08. The summed E-state index contributed by atoms with van der Waals surface area (Å²) in [5, 5.41) is 25.6. The molecule has 4 atom stereocenters. The van der Waals surface area contributed by atoms with E-state index >= 15 is 0 Å². The second-order valence-corrected chi connectivity index (χ2v) is 8.80. The summed E-state index contributed by atoms with van der Waals surface area (Å²) in [5.41, 5.74) is 12.1. The molecule has 1 rings (SSSR count). The lowest BCUT2D eigenvalue weighted by atomic mass is 10.0. The van der Waals surface area contributed by atoms with E-state index in [1.54, 1.807) is 13.8 Å². The lowest BCUT2D eigenvalue weighted by molar-refractivity contribution is -0.143. The first kappa shape index (κ1) is 30.5. The molecule has 0 radical (unpaired) electrons. The molecule has 0 aliphatic carbocycles. The molecule has 0 saturated heterocycles. The van der Waals surface area contributed by atoms with Gasteiger partial charge in [-0.1, -0.05) is 13.8 Å². The van der Waals surface area contributed by atoms with Crippen LogP contribution in [0.5, 0.6) is 0 Å². The normalized spacial score (nSPS) is 14.4. The van der Waals surface area contributed by atoms with E-state index in [9.17, 15) is 29.1 Å². The van der Waals surface area contributed by atoms with Gasteiger partial charge in [-0.2, -0.15) is 0 Å². The maximum absolute atomic E-state index is 13.1. The summed E-state index contributed by atoms with van der Waals surface area (Å²) in [5.74, 6) is -4.94. The van der Waals surface area contributed by atoms with Crippen LogP contribution >= 0.6 is 0 Å². The third-order valence-electron chi connectivity index (χ3n) is 5.42. The van der Waals surface area contributed by atoms with Gasteiger partial charge in [-0.3, -0.25) is 19.2 Å². The Balaban J connectivity index is 2.91. The first-order valence-electron chi connectivity index (χ1n) is 11.7. The Morgan fingerprint density at radius 2 is 1.64 bits per heavy atom. The average molecular weight is 512 g/mol. The quantitative estimate of drug-likeness (QED) is 0.112. The molecule has 1 aromatic heterocycles. The molecule has 0 spiro atoms. The van der Waals surface area contributed by atoms with Crippen molar-refractivity contribution in [3.8, 4) is 0 Å². The van der Waals surface area contributed by atoms with Crippen molar-refractivity contribution in [3.05, 3.63) is 18.2 Å². The van der Waals surface area contributed by atoms with Crippen LogP contribution < -0.4 is 27.4 Å². The predicted molar refractivity (Wildman–Crippen MR) is 128 cm³/mol. The van der Waals surface area contributed by atoms with E-state index in [2.05, 4.69) is 25.9 Å². The lowest BCUT2D eigenvalue weighted by Gasteiger charge is -2.27. The number of H-pyrrole nitrogens is 1. The van der Waals surface area contributed by atoms with Crippen molar-refractivity contribution in [3.63, 3.8) is 0 Å². The number of aromatic amines is 1. The molecule has 0 fully saturated rings. The van der Waals surface area contributed by atoms with Crippen LogP contribution in [0, 0.1) is 5.92 Å². The largest absolute Gasteiger partial charge is 0.481 e. The Morgan fingerprint density at radius 1 is 0.972 bits per heavy atom. The molecule has 4 unspecified atom stereocenters. The molecule has 0 aromatic carbocycles. The van der Waals surface area contributed by atoms with Gasteiger partial charge in [0.1, 0.15) is 18.1 Å². The Hall–Kier alpha value is -3.52. The van der Waals surface area contributed by atoms with Crippen LogP contribution in [0.3, 0.4) is 0 Å². The molecule has 10 N–H and O–H groups in total. The number of nitrogens with two attached hydrogens (primary N) is 2. The number of rotatable bonds is 17. The monoisotopic (exact) mass is 511 g/mol. The topological polar surface area (TPSA) is 243 Å². The van der Waals surface area contributed by atoms with E-state index in [0.717, 1.165) is 0 Å². The zero-order valence-corrected chi connectivity index (χ0v) is 20.5. The number of hydrogen-bond acceptors (Lipinski definition) is 8. The summed E-state index contributed by atoms with van der Waals surface area (Å²) in [4.78, 5) is 67.5. The molecule has 202 valence electrons. The minimum absolute atomic E-state index is 0.165. The minimum atomic E-state index is -1.44. The van der Waals surface area contributed by atoms with Gasteiger partial charge in [0.15, 0.2) is 0 Å². The summed E-state index contributed by atoms with van der Waals surface area (Å²) in [6.07, 6.45) is 3.58. The van der Waals surface area contributed by atoms with Crippen LogP contribution in [-0.2, 0) is 30.4 Å². The summed E-state index contributed by atoms with van der Waals surface area (Å²) in [6.45, 7) is 3.78. The molecule has 0 aliphatic heterocycles. The summed E-state index contributed by atoms with van der Waals surface area (Å²) < 4.78 is 0. The van der Waals surface area contributed by atoms with Gasteiger partial charge >= 0.3 is 11.9 Å². The Morgan fingerprint density at radius 3 is 2.17 bits per heavy atom. The first-order chi connectivity index (χ1) is 17.0. The molecule has 36 heavy (non-hydrogen) atoms. The first-order valence-corrected chi connectivity index (χ1v) is 11.7. The number of carboxylic acids is 2. The summed E-state index contributed by atoms with van der Waals surface area (Å²) in [7, 11) is 0. The van der Waals surface area contributed by atoms with E-state index in [1.165, 1.54) is 12.5 Å². The van der Waals surface area contributed by atoms with Gasteiger partial charge in [-0.05, 0) is 38.1 Å². The van der Waals surface area contributed by atoms with Crippen LogP contribution in [0.1, 0.15) is 51.6 Å². The number of nitrogens with one attached hydrogen (secondary N) is 4. The van der Waals surface area contributed by atoms with Crippen molar-refractivity contribution >= 4 is 29.7 Å². The molecule has 1 heterocycles. The number of hydrogen-bond donors (Lipinski definition) is 8. The molecular formula is C22H37N7O7. The zero-order chi connectivity index (χ0) is 27.3. The van der Waals surface area contributed by atoms with Gasteiger partial charge in [0.2, 0.25) is 17.7 Å². The van der Waals surface area contributed by atoms with Crippen molar-refractivity contribution in [2.75, 3.05) is 6.54 Å². The Kier molecular flexibility index (Phi) is 13.1. The number of unbranched alkanes of at least 4 members (excludes halogenated alkanes) is 1. The van der Waals surface area contributed by atoms with Crippen LogP contribution in [0.4, 0.5) is 0 Å². The standard InChI is InChI=1S/C22H37N7O7/c1-12(2)18(29-19(32)14(24)9-13-10-25-11-26-13)21(34)27-15(5-3-4-8-23)20(33)28-16(22(35)36)6-7-17(30)31/h10-12,14-16,18H,3-9,23-24H2,1-2H3,(H,25,26)(H,27,34)(H,28,33)(H,29,32)(H,30,31)(H,35,36). The number of amides is 3. The Labute approximate surface area is 209 Å². The smallest absolute Gasteiger partial charge is 0.326 e. The molecule has 0 aliphatic rings. The van der Waals surface area contributed by atoms with Gasteiger partial charge in [0.05, 0.1) is 12.4 Å². The maximum Gasteiger partial charge on any atom is 0.326 e. The fourth-order valence-electron chi connectivity index (χ4n) is 3.34. The van der Waals surface area contributed by atoms with Crippen molar-refractivity contribution in [1.29, 1.82) is 0 Å². The molecule has 14 heteroatoms. The fraction of sp³-hybridized carbons (Fsp3) is 0.636. The van der Waals surface area contributed by atoms with E-state index in [4.69, 9.17) is 16.6 Å². The lowest BCUT2D eigenvalue weighted by Crippen LogP contribution is -2.58. The fourth-order valence-corrected chi connectivity index (χ4v) is 3.34. The second kappa shape index (κ2) is 15.5. The molecular weight excluding hydrogens is 474 g/mol. The minimum Gasteiger partial charge on any atom is -0.481 e. The molecule has 0 bridgehead atoms. The third kappa shape index (κ3) is 10.8. The van der Waals surface area contributed by atoms with E-state index in [0.29, 0.717) is 25.1 Å².